The predicted molar refractivity (Wildman–Crippen MR) is 113 cm³/mol. The maximum absolute atomic E-state index is 13.0. The highest BCUT2D eigenvalue weighted by molar-refractivity contribution is 6.30. The molecule has 0 saturated carbocycles. The van der Waals surface area contributed by atoms with Crippen LogP contribution in [0.25, 0.3) is 5.69 Å². The Labute approximate surface area is 175 Å². The SMILES string of the molecule is Cc1ccccc1CN1CCN(C(=O)c2nnn(-c3cccc(Cl)c3)c2C)CC1. The molecular formula is C22H24ClN5O. The third-order valence-corrected chi connectivity index (χ3v) is 5.70. The molecule has 0 N–H and O–H groups in total. The van der Waals surface area contributed by atoms with Crippen LogP contribution < -0.4 is 0 Å². The van der Waals surface area contributed by atoms with Crippen molar-refractivity contribution in [2.75, 3.05) is 26.2 Å². The van der Waals surface area contributed by atoms with E-state index in [2.05, 4.69) is 46.4 Å². The summed E-state index contributed by atoms with van der Waals surface area (Å²) in [6.07, 6.45) is 0. The van der Waals surface area contributed by atoms with E-state index in [9.17, 15) is 4.79 Å². The molecule has 0 aliphatic carbocycles. The molecular weight excluding hydrogens is 386 g/mol. The van der Waals surface area contributed by atoms with E-state index in [0.717, 1.165) is 31.0 Å². The van der Waals surface area contributed by atoms with Crippen LogP contribution >= 0.6 is 11.6 Å². The molecule has 1 aromatic heterocycles. The molecule has 7 heteroatoms. The van der Waals surface area contributed by atoms with E-state index < -0.39 is 0 Å². The zero-order valence-corrected chi connectivity index (χ0v) is 17.4. The molecule has 1 amide bonds. The normalized spacial score (nSPS) is 14.9. The summed E-state index contributed by atoms with van der Waals surface area (Å²) in [6.45, 7) is 7.99. The minimum absolute atomic E-state index is 0.0636. The van der Waals surface area contributed by atoms with Crippen molar-refractivity contribution < 1.29 is 4.79 Å². The minimum Gasteiger partial charge on any atom is -0.335 e. The van der Waals surface area contributed by atoms with Gasteiger partial charge in [0.05, 0.1) is 11.4 Å². The summed E-state index contributed by atoms with van der Waals surface area (Å²) in [5, 5.41) is 8.95. The number of benzene rings is 2. The number of aromatic nitrogens is 3. The van der Waals surface area contributed by atoms with Crippen LogP contribution in [0.4, 0.5) is 0 Å². The molecule has 1 aliphatic heterocycles. The fourth-order valence-corrected chi connectivity index (χ4v) is 3.85. The van der Waals surface area contributed by atoms with Gasteiger partial charge >= 0.3 is 0 Å². The number of hydrogen-bond donors (Lipinski definition) is 0. The number of carbonyl (C=O) groups is 1. The first kappa shape index (κ1) is 19.6. The molecule has 0 atom stereocenters. The molecule has 0 radical (unpaired) electrons. The maximum atomic E-state index is 13.0. The van der Waals surface area contributed by atoms with E-state index in [1.807, 2.05) is 30.0 Å². The maximum Gasteiger partial charge on any atom is 0.276 e. The molecule has 4 rings (SSSR count). The summed E-state index contributed by atoms with van der Waals surface area (Å²) in [4.78, 5) is 17.3. The largest absolute Gasteiger partial charge is 0.335 e. The smallest absolute Gasteiger partial charge is 0.276 e. The standard InChI is InChI=1S/C22H24ClN5O/c1-16-6-3-4-7-18(16)15-26-10-12-27(13-11-26)22(29)21-17(2)28(25-24-21)20-9-5-8-19(23)14-20/h3-9,14H,10-13,15H2,1-2H3. The summed E-state index contributed by atoms with van der Waals surface area (Å²) in [5.74, 6) is -0.0636. The fourth-order valence-electron chi connectivity index (χ4n) is 3.67. The minimum atomic E-state index is -0.0636. The van der Waals surface area contributed by atoms with Gasteiger partial charge in [-0.2, -0.15) is 0 Å². The molecule has 2 aromatic carbocycles. The first-order valence-corrected chi connectivity index (χ1v) is 10.1. The highest BCUT2D eigenvalue weighted by atomic mass is 35.5. The van der Waals surface area contributed by atoms with E-state index >= 15 is 0 Å². The third kappa shape index (κ3) is 4.18. The second-order valence-corrected chi connectivity index (χ2v) is 7.85. The Morgan fingerprint density at radius 2 is 1.79 bits per heavy atom. The zero-order valence-electron chi connectivity index (χ0n) is 16.7. The number of amides is 1. The number of hydrogen-bond acceptors (Lipinski definition) is 4. The molecule has 6 nitrogen and oxygen atoms in total. The number of halogens is 1. The van der Waals surface area contributed by atoms with Crippen molar-refractivity contribution in [2.45, 2.75) is 20.4 Å². The van der Waals surface area contributed by atoms with Gasteiger partial charge in [-0.1, -0.05) is 47.1 Å². The van der Waals surface area contributed by atoms with Crippen LogP contribution in [0.5, 0.6) is 0 Å². The van der Waals surface area contributed by atoms with Gasteiger partial charge in [-0.15, -0.1) is 5.10 Å². The van der Waals surface area contributed by atoms with Crippen LogP contribution in [0, 0.1) is 13.8 Å². The molecule has 1 aliphatic rings. The van der Waals surface area contributed by atoms with E-state index in [1.54, 1.807) is 10.7 Å². The molecule has 1 saturated heterocycles. The predicted octanol–water partition coefficient (Wildman–Crippen LogP) is 3.50. The molecule has 29 heavy (non-hydrogen) atoms. The summed E-state index contributed by atoms with van der Waals surface area (Å²) in [5.41, 5.74) is 4.56. The summed E-state index contributed by atoms with van der Waals surface area (Å²) < 4.78 is 1.66. The lowest BCUT2D eigenvalue weighted by Crippen LogP contribution is -2.48. The average molecular weight is 410 g/mol. The summed E-state index contributed by atoms with van der Waals surface area (Å²) in [7, 11) is 0. The van der Waals surface area contributed by atoms with Gasteiger partial charge in [0.15, 0.2) is 5.69 Å². The molecule has 3 aromatic rings. The molecule has 0 unspecified atom stereocenters. The Morgan fingerprint density at radius 1 is 1.03 bits per heavy atom. The lowest BCUT2D eigenvalue weighted by molar-refractivity contribution is 0.0621. The van der Waals surface area contributed by atoms with Crippen molar-refractivity contribution in [1.29, 1.82) is 0 Å². The molecule has 1 fully saturated rings. The second kappa shape index (κ2) is 8.35. The number of piperazine rings is 1. The van der Waals surface area contributed by atoms with Crippen molar-refractivity contribution in [2.24, 2.45) is 0 Å². The van der Waals surface area contributed by atoms with Gasteiger partial charge < -0.3 is 4.90 Å². The van der Waals surface area contributed by atoms with Gasteiger partial charge in [0.25, 0.3) is 5.91 Å². The van der Waals surface area contributed by atoms with E-state index in [1.165, 1.54) is 11.1 Å². The van der Waals surface area contributed by atoms with E-state index in [-0.39, 0.29) is 5.91 Å². The highest BCUT2D eigenvalue weighted by Gasteiger charge is 2.26. The first-order valence-electron chi connectivity index (χ1n) is 9.77. The number of carbonyl (C=O) groups excluding carboxylic acids is 1. The number of nitrogens with zero attached hydrogens (tertiary/aromatic N) is 5. The molecule has 2 heterocycles. The fraction of sp³-hybridized carbons (Fsp3) is 0.318. The Balaban J connectivity index is 1.42. The quantitative estimate of drug-likeness (QED) is 0.661. The Kier molecular flexibility index (Phi) is 5.65. The summed E-state index contributed by atoms with van der Waals surface area (Å²) >= 11 is 6.08. The Bertz CT molecular complexity index is 1020. The molecule has 150 valence electrons. The van der Waals surface area contributed by atoms with Crippen molar-refractivity contribution in [3.63, 3.8) is 0 Å². The van der Waals surface area contributed by atoms with Crippen LogP contribution in [-0.4, -0.2) is 56.9 Å². The van der Waals surface area contributed by atoms with Crippen LogP contribution in [0.3, 0.4) is 0 Å². The van der Waals surface area contributed by atoms with E-state index in [0.29, 0.717) is 23.8 Å². The van der Waals surface area contributed by atoms with Gasteiger partial charge in [-0.3, -0.25) is 9.69 Å². The summed E-state index contributed by atoms with van der Waals surface area (Å²) in [6, 6.07) is 15.8. The average Bonchev–Trinajstić information content (AvgIpc) is 3.11. The van der Waals surface area contributed by atoms with Crippen LogP contribution in [-0.2, 0) is 6.54 Å². The Hall–Kier alpha value is -2.70. The number of aryl methyl sites for hydroxylation is 1. The highest BCUT2D eigenvalue weighted by Crippen LogP contribution is 2.19. The van der Waals surface area contributed by atoms with Crippen molar-refractivity contribution in [3.05, 3.63) is 76.1 Å². The number of rotatable bonds is 4. The third-order valence-electron chi connectivity index (χ3n) is 5.46. The molecule has 0 spiro atoms. The van der Waals surface area contributed by atoms with Crippen LogP contribution in [0.2, 0.25) is 5.02 Å². The van der Waals surface area contributed by atoms with Crippen molar-refractivity contribution >= 4 is 17.5 Å². The lowest BCUT2D eigenvalue weighted by Gasteiger charge is -2.34. The zero-order chi connectivity index (χ0) is 20.4. The second-order valence-electron chi connectivity index (χ2n) is 7.41. The van der Waals surface area contributed by atoms with Gasteiger partial charge in [-0.25, -0.2) is 4.68 Å². The van der Waals surface area contributed by atoms with Gasteiger partial charge in [-0.05, 0) is 43.2 Å². The van der Waals surface area contributed by atoms with Crippen molar-refractivity contribution in [1.82, 2.24) is 24.8 Å². The Morgan fingerprint density at radius 3 is 2.52 bits per heavy atom. The first-order chi connectivity index (χ1) is 14.0. The van der Waals surface area contributed by atoms with E-state index in [4.69, 9.17) is 11.6 Å². The van der Waals surface area contributed by atoms with Crippen LogP contribution in [0.15, 0.2) is 48.5 Å². The van der Waals surface area contributed by atoms with Crippen molar-refractivity contribution in [3.8, 4) is 5.69 Å². The van der Waals surface area contributed by atoms with Gasteiger partial charge in [0.1, 0.15) is 0 Å². The van der Waals surface area contributed by atoms with Gasteiger partial charge in [0.2, 0.25) is 0 Å². The molecule has 0 bridgehead atoms. The van der Waals surface area contributed by atoms with Gasteiger partial charge in [0, 0.05) is 37.7 Å². The lowest BCUT2D eigenvalue weighted by atomic mass is 10.1. The monoisotopic (exact) mass is 409 g/mol. The van der Waals surface area contributed by atoms with Crippen LogP contribution in [0.1, 0.15) is 27.3 Å². The topological polar surface area (TPSA) is 54.3 Å².